The van der Waals surface area contributed by atoms with Gasteiger partial charge in [0.15, 0.2) is 0 Å². The Balaban J connectivity index is 0.851. The van der Waals surface area contributed by atoms with Gasteiger partial charge in [0.25, 0.3) is 0 Å². The van der Waals surface area contributed by atoms with E-state index in [0.717, 1.165) is 0 Å². The first-order valence-electron chi connectivity index (χ1n) is 34.9. The molecule has 0 atom stereocenters. The van der Waals surface area contributed by atoms with Gasteiger partial charge in [-0.2, -0.15) is 0 Å². The number of para-hydroxylation sites is 3. The molecule has 0 saturated heterocycles. The van der Waals surface area contributed by atoms with Crippen LogP contribution in [0.2, 0.25) is 0 Å². The molecule has 0 aliphatic heterocycles. The number of H-pyrrole nitrogens is 1. The third-order valence-electron chi connectivity index (χ3n) is 20.7. The predicted molar refractivity (Wildman–Crippen MR) is 389 cm³/mol. The molecule has 90 heavy (non-hydrogen) atoms. The first kappa shape index (κ1) is 59.2. The summed E-state index contributed by atoms with van der Waals surface area (Å²) in [6.45, 7) is 9.27. The van der Waals surface area contributed by atoms with Crippen LogP contribution in [0.5, 0.6) is 0 Å². The Morgan fingerprint density at radius 3 is 1.32 bits per heavy atom. The van der Waals surface area contributed by atoms with Crippen molar-refractivity contribution in [1.82, 2.24) is 14.1 Å². The molecule has 0 fully saturated rings. The second kappa shape index (κ2) is 26.6. The van der Waals surface area contributed by atoms with E-state index in [1.807, 2.05) is 0 Å². The molecular weight excluding hydrogens is 1090 g/mol. The lowest BCUT2D eigenvalue weighted by atomic mass is 9.70. The van der Waals surface area contributed by atoms with Crippen molar-refractivity contribution in [3.05, 3.63) is 229 Å². The fraction of sp³-hybridized carbons (Fsp3) is 0.310. The Kier molecular flexibility index (Phi) is 17.5. The van der Waals surface area contributed by atoms with Gasteiger partial charge < -0.3 is 14.1 Å². The highest BCUT2D eigenvalue weighted by Crippen LogP contribution is 2.56. The van der Waals surface area contributed by atoms with Crippen LogP contribution in [0.3, 0.4) is 0 Å². The van der Waals surface area contributed by atoms with Crippen LogP contribution in [0.1, 0.15) is 177 Å². The first-order chi connectivity index (χ1) is 44.4. The van der Waals surface area contributed by atoms with Crippen LogP contribution in [0.15, 0.2) is 206 Å². The Morgan fingerprint density at radius 2 is 0.722 bits per heavy atom. The monoisotopic (exact) mass is 1180 g/mol. The van der Waals surface area contributed by atoms with Crippen LogP contribution in [0.25, 0.3) is 121 Å². The maximum Gasteiger partial charge on any atom is 0.0541 e. The van der Waals surface area contributed by atoms with Crippen LogP contribution in [0.4, 0.5) is 0 Å². The van der Waals surface area contributed by atoms with Gasteiger partial charge >= 0.3 is 0 Å². The van der Waals surface area contributed by atoms with Gasteiger partial charge in [0, 0.05) is 60.1 Å². The molecule has 1 aliphatic rings. The van der Waals surface area contributed by atoms with Crippen molar-refractivity contribution in [2.45, 2.75) is 174 Å². The van der Waals surface area contributed by atoms with Gasteiger partial charge in [0.05, 0.1) is 22.1 Å². The summed E-state index contributed by atoms with van der Waals surface area (Å²) in [4.78, 5) is 3.66. The fourth-order valence-corrected chi connectivity index (χ4v) is 16.0. The molecule has 3 heteroatoms. The van der Waals surface area contributed by atoms with E-state index in [2.05, 4.69) is 248 Å². The molecule has 3 nitrogen and oxygen atoms in total. The molecule has 3 heterocycles. The van der Waals surface area contributed by atoms with Gasteiger partial charge in [-0.3, -0.25) is 0 Å². The summed E-state index contributed by atoms with van der Waals surface area (Å²) in [5.74, 6) is 0. The molecule has 3 aromatic heterocycles. The number of fused-ring (bicyclic) bond motifs is 12. The normalized spacial score (nSPS) is 12.8. The van der Waals surface area contributed by atoms with Crippen molar-refractivity contribution in [1.29, 1.82) is 0 Å². The Morgan fingerprint density at radius 1 is 0.289 bits per heavy atom. The maximum absolute atomic E-state index is 3.66. The molecule has 454 valence electrons. The summed E-state index contributed by atoms with van der Waals surface area (Å²) in [7, 11) is 0. The quantitative estimate of drug-likeness (QED) is 0.0497. The van der Waals surface area contributed by atoms with Gasteiger partial charge in [-0.15, -0.1) is 0 Å². The van der Waals surface area contributed by atoms with E-state index >= 15 is 0 Å². The number of nitrogens with zero attached hydrogens (tertiary/aromatic N) is 2. The fourth-order valence-electron chi connectivity index (χ4n) is 16.0. The van der Waals surface area contributed by atoms with Crippen LogP contribution in [-0.2, 0) is 5.41 Å². The predicted octanol–water partition coefficient (Wildman–Crippen LogP) is 26.0. The van der Waals surface area contributed by atoms with Gasteiger partial charge in [-0.05, 0) is 179 Å². The average Bonchev–Trinajstić information content (AvgIpc) is 1.61. The number of hydrogen-bond acceptors (Lipinski definition) is 0. The number of aromatic nitrogens is 3. The zero-order valence-electron chi connectivity index (χ0n) is 54.1. The van der Waals surface area contributed by atoms with Crippen molar-refractivity contribution in [3.8, 4) is 55.9 Å². The van der Waals surface area contributed by atoms with E-state index in [1.54, 1.807) is 11.1 Å². The molecular formula is C87H91N3. The van der Waals surface area contributed by atoms with E-state index in [9.17, 15) is 0 Å². The number of aromatic amines is 1. The van der Waals surface area contributed by atoms with E-state index in [-0.39, 0.29) is 5.41 Å². The second-order valence-electron chi connectivity index (χ2n) is 27.0. The number of unbranched alkanes of at least 4 members (excludes halogenated alkanes) is 18. The molecule has 0 radical (unpaired) electrons. The molecule has 0 amide bonds. The van der Waals surface area contributed by atoms with Gasteiger partial charge in [-0.25, -0.2) is 0 Å². The van der Waals surface area contributed by atoms with E-state index < -0.39 is 0 Å². The van der Waals surface area contributed by atoms with E-state index in [1.165, 1.54) is 274 Å². The summed E-state index contributed by atoms with van der Waals surface area (Å²) >= 11 is 0. The lowest BCUT2D eigenvalue weighted by Crippen LogP contribution is -2.25. The maximum atomic E-state index is 3.66. The summed E-state index contributed by atoms with van der Waals surface area (Å²) in [5, 5.41) is 7.54. The lowest BCUT2D eigenvalue weighted by Gasteiger charge is -2.33. The molecule has 0 unspecified atom stereocenters. The van der Waals surface area contributed by atoms with Crippen molar-refractivity contribution in [3.63, 3.8) is 0 Å². The van der Waals surface area contributed by atoms with Crippen molar-refractivity contribution >= 4 is 65.4 Å². The smallest absolute Gasteiger partial charge is 0.0541 e. The molecule has 0 spiro atoms. The minimum atomic E-state index is 0.00409. The molecule has 1 aliphatic carbocycles. The SMILES string of the molecule is CCCCCCCCCCCCC1(CCCCCCCCCCCC)c2cc(C)ccc2-c2ccc(-c3cc(C)cc(-n4c5ccc(-c6ccc7[nH]c8ccccc8c7c6)cc5c5cc(-c6ccc7c(c6)c6ccccc6n7-c6ccccc6)ccc54)c3)cc21. The molecule has 0 saturated carbocycles. The van der Waals surface area contributed by atoms with E-state index in [4.69, 9.17) is 0 Å². The zero-order chi connectivity index (χ0) is 61.0. The number of nitrogens with one attached hydrogen (secondary N) is 1. The minimum absolute atomic E-state index is 0.00409. The van der Waals surface area contributed by atoms with Crippen LogP contribution in [0, 0.1) is 13.8 Å². The Hall–Kier alpha value is -8.40. The zero-order valence-corrected chi connectivity index (χ0v) is 54.1. The summed E-state index contributed by atoms with van der Waals surface area (Å²) < 4.78 is 4.97. The van der Waals surface area contributed by atoms with Crippen molar-refractivity contribution in [2.24, 2.45) is 0 Å². The third kappa shape index (κ3) is 11.6. The first-order valence-corrected chi connectivity index (χ1v) is 34.9. The largest absolute Gasteiger partial charge is 0.355 e. The lowest BCUT2D eigenvalue weighted by molar-refractivity contribution is 0.397. The van der Waals surface area contributed by atoms with Crippen molar-refractivity contribution in [2.75, 3.05) is 0 Å². The number of rotatable bonds is 27. The van der Waals surface area contributed by atoms with Crippen LogP contribution >= 0.6 is 0 Å². The second-order valence-corrected chi connectivity index (χ2v) is 27.0. The number of hydrogen-bond donors (Lipinski definition) is 1. The molecule has 13 aromatic rings. The van der Waals surface area contributed by atoms with Crippen molar-refractivity contribution < 1.29 is 0 Å². The molecule has 10 aromatic carbocycles. The van der Waals surface area contributed by atoms with Gasteiger partial charge in [-0.1, -0.05) is 263 Å². The highest BCUT2D eigenvalue weighted by molar-refractivity contribution is 6.14. The summed E-state index contributed by atoms with van der Waals surface area (Å²) in [5.41, 5.74) is 25.8. The third-order valence-corrected chi connectivity index (χ3v) is 20.7. The average molecular weight is 1180 g/mol. The minimum Gasteiger partial charge on any atom is -0.355 e. The Bertz CT molecular complexity index is 4650. The van der Waals surface area contributed by atoms with Crippen LogP contribution < -0.4 is 0 Å². The van der Waals surface area contributed by atoms with Gasteiger partial charge in [0.1, 0.15) is 0 Å². The standard InChI is InChI=1S/C87H91N3/c1-5-7-9-11-13-15-17-19-21-30-50-87(51-31-22-20-18-16-14-12-10-8-6-2)79-54-61(3)38-44-71(79)72-45-39-67(60-80(72)87)68-52-62(4)53-70(55-68)90-85-48-42-65(63-40-46-82-75(56-63)73-34-26-28-36-81(73)88-82)58-77(85)78-59-66(43-49-86(78)90)64-41-47-84-76(57-64)74-35-27-29-37-83(74)89(84)69-32-24-23-25-33-69/h23-29,32-49,52-60,88H,5-22,30-31,50-51H2,1-4H3. The van der Waals surface area contributed by atoms with E-state index in [0.29, 0.717) is 0 Å². The van der Waals surface area contributed by atoms with Crippen LogP contribution in [-0.4, -0.2) is 14.1 Å². The van der Waals surface area contributed by atoms with Gasteiger partial charge in [0.2, 0.25) is 0 Å². The Labute approximate surface area is 535 Å². The highest BCUT2D eigenvalue weighted by atomic mass is 15.0. The molecule has 1 N–H and O–H groups in total. The molecule has 0 bridgehead atoms. The topological polar surface area (TPSA) is 25.6 Å². The summed E-state index contributed by atoms with van der Waals surface area (Å²) in [6, 6.07) is 79.2. The highest BCUT2D eigenvalue weighted by Gasteiger charge is 2.42. The molecule has 14 rings (SSSR count). The summed E-state index contributed by atoms with van der Waals surface area (Å²) in [6.07, 6.45) is 29.7. The number of benzene rings is 10. The number of aryl methyl sites for hydroxylation is 2.